The lowest BCUT2D eigenvalue weighted by Gasteiger charge is -2.01. The number of rotatable bonds is 6. The minimum absolute atomic E-state index is 0.281. The maximum Gasteiger partial charge on any atom is 0.0718 e. The Balaban J connectivity index is 0. The Kier molecular flexibility index (Phi) is 16.5. The molecule has 0 bridgehead atoms. The molecule has 0 spiro atoms. The molecule has 1 atom stereocenters. The number of hydrogen-bond acceptors (Lipinski definition) is 2. The van der Waals surface area contributed by atoms with Crippen LogP contribution in [0.1, 0.15) is 46.0 Å². The molecule has 0 aromatic carbocycles. The van der Waals surface area contributed by atoms with E-state index >= 15 is 0 Å². The van der Waals surface area contributed by atoms with E-state index in [9.17, 15) is 0 Å². The highest BCUT2D eigenvalue weighted by atomic mass is 16.3. The SMILES string of the molecule is C=CC(O)CCCCC.CCCO. The first-order chi connectivity index (χ1) is 6.22. The Bertz CT molecular complexity index is 90.1. The average Bonchev–Trinajstić information content (AvgIpc) is 2.18. The van der Waals surface area contributed by atoms with Gasteiger partial charge in [0.2, 0.25) is 0 Å². The van der Waals surface area contributed by atoms with Crippen LogP contribution < -0.4 is 0 Å². The normalized spacial score (nSPS) is 11.4. The largest absolute Gasteiger partial charge is 0.396 e. The number of unbranched alkanes of at least 4 members (excludes halogenated alkanes) is 2. The summed E-state index contributed by atoms with van der Waals surface area (Å²) in [6, 6.07) is 0. The zero-order chi connectivity index (χ0) is 10.5. The summed E-state index contributed by atoms with van der Waals surface area (Å²) in [6.07, 6.45) is 6.60. The van der Waals surface area contributed by atoms with Crippen molar-refractivity contribution in [3.8, 4) is 0 Å². The van der Waals surface area contributed by atoms with Gasteiger partial charge in [0.1, 0.15) is 0 Å². The van der Waals surface area contributed by atoms with Gasteiger partial charge in [-0.05, 0) is 12.8 Å². The topological polar surface area (TPSA) is 40.5 Å². The van der Waals surface area contributed by atoms with Crippen molar-refractivity contribution in [1.82, 2.24) is 0 Å². The molecule has 0 rings (SSSR count). The molecule has 0 radical (unpaired) electrons. The monoisotopic (exact) mass is 188 g/mol. The van der Waals surface area contributed by atoms with Crippen LogP contribution >= 0.6 is 0 Å². The highest BCUT2D eigenvalue weighted by Gasteiger charge is 1.94. The van der Waals surface area contributed by atoms with Gasteiger partial charge < -0.3 is 10.2 Å². The van der Waals surface area contributed by atoms with Crippen molar-refractivity contribution >= 4 is 0 Å². The minimum atomic E-state index is -0.281. The fourth-order valence-corrected chi connectivity index (χ4v) is 0.721. The lowest BCUT2D eigenvalue weighted by atomic mass is 10.1. The van der Waals surface area contributed by atoms with E-state index in [1.54, 1.807) is 6.08 Å². The summed E-state index contributed by atoms with van der Waals surface area (Å²) in [5.74, 6) is 0. The molecule has 1 unspecified atom stereocenters. The molecule has 2 N–H and O–H groups in total. The van der Waals surface area contributed by atoms with E-state index in [0.717, 1.165) is 19.3 Å². The number of aliphatic hydroxyl groups excluding tert-OH is 2. The van der Waals surface area contributed by atoms with Crippen LogP contribution in [-0.2, 0) is 0 Å². The molecule has 0 aromatic heterocycles. The zero-order valence-electron chi connectivity index (χ0n) is 9.00. The van der Waals surface area contributed by atoms with E-state index in [0.29, 0.717) is 6.61 Å². The van der Waals surface area contributed by atoms with Crippen molar-refractivity contribution in [2.45, 2.75) is 52.1 Å². The molecule has 0 saturated carbocycles. The summed E-state index contributed by atoms with van der Waals surface area (Å²) >= 11 is 0. The van der Waals surface area contributed by atoms with E-state index in [4.69, 9.17) is 10.2 Å². The van der Waals surface area contributed by atoms with Crippen LogP contribution in [0.15, 0.2) is 12.7 Å². The summed E-state index contributed by atoms with van der Waals surface area (Å²) in [7, 11) is 0. The van der Waals surface area contributed by atoms with E-state index in [-0.39, 0.29) is 6.10 Å². The smallest absolute Gasteiger partial charge is 0.0718 e. The molecular weight excluding hydrogens is 164 g/mol. The summed E-state index contributed by atoms with van der Waals surface area (Å²) in [4.78, 5) is 0. The molecular formula is C11H24O2. The van der Waals surface area contributed by atoms with Gasteiger partial charge in [0.25, 0.3) is 0 Å². The first-order valence-corrected chi connectivity index (χ1v) is 5.14. The number of aliphatic hydroxyl groups is 2. The van der Waals surface area contributed by atoms with Gasteiger partial charge in [-0.1, -0.05) is 39.2 Å². The van der Waals surface area contributed by atoms with Crippen LogP contribution in [-0.4, -0.2) is 22.9 Å². The Labute approximate surface area is 82.3 Å². The first-order valence-electron chi connectivity index (χ1n) is 5.14. The molecule has 0 aliphatic heterocycles. The fraction of sp³-hybridized carbons (Fsp3) is 0.818. The van der Waals surface area contributed by atoms with E-state index < -0.39 is 0 Å². The molecule has 13 heavy (non-hydrogen) atoms. The molecule has 0 aliphatic carbocycles. The third-order valence-electron chi connectivity index (χ3n) is 1.60. The Morgan fingerprint density at radius 2 is 1.77 bits per heavy atom. The van der Waals surface area contributed by atoms with Crippen LogP contribution in [0, 0.1) is 0 Å². The van der Waals surface area contributed by atoms with E-state index in [2.05, 4.69) is 13.5 Å². The average molecular weight is 188 g/mol. The Hall–Kier alpha value is -0.340. The van der Waals surface area contributed by atoms with Gasteiger partial charge in [0, 0.05) is 6.61 Å². The van der Waals surface area contributed by atoms with Gasteiger partial charge >= 0.3 is 0 Å². The molecule has 0 aromatic rings. The highest BCUT2D eigenvalue weighted by molar-refractivity contribution is 4.77. The van der Waals surface area contributed by atoms with Crippen LogP contribution in [0.4, 0.5) is 0 Å². The summed E-state index contributed by atoms with van der Waals surface area (Å²) in [6.45, 7) is 7.89. The third-order valence-corrected chi connectivity index (χ3v) is 1.60. The summed E-state index contributed by atoms with van der Waals surface area (Å²) < 4.78 is 0. The van der Waals surface area contributed by atoms with Gasteiger partial charge in [-0.3, -0.25) is 0 Å². The molecule has 0 saturated heterocycles. The quantitative estimate of drug-likeness (QED) is 0.496. The highest BCUT2D eigenvalue weighted by Crippen LogP contribution is 2.02. The van der Waals surface area contributed by atoms with E-state index in [1.165, 1.54) is 12.8 Å². The first kappa shape index (κ1) is 15.1. The van der Waals surface area contributed by atoms with Gasteiger partial charge in [-0.15, -0.1) is 6.58 Å². The van der Waals surface area contributed by atoms with Crippen molar-refractivity contribution in [3.63, 3.8) is 0 Å². The van der Waals surface area contributed by atoms with Crippen molar-refractivity contribution in [1.29, 1.82) is 0 Å². The van der Waals surface area contributed by atoms with Gasteiger partial charge in [0.05, 0.1) is 6.10 Å². The lowest BCUT2D eigenvalue weighted by Crippen LogP contribution is -1.99. The van der Waals surface area contributed by atoms with Crippen molar-refractivity contribution in [3.05, 3.63) is 12.7 Å². The van der Waals surface area contributed by atoms with Gasteiger partial charge in [-0.2, -0.15) is 0 Å². The second-order valence-electron chi connectivity index (χ2n) is 3.02. The molecule has 2 heteroatoms. The van der Waals surface area contributed by atoms with Crippen molar-refractivity contribution in [2.24, 2.45) is 0 Å². The van der Waals surface area contributed by atoms with Crippen LogP contribution in [0.3, 0.4) is 0 Å². The zero-order valence-corrected chi connectivity index (χ0v) is 9.00. The summed E-state index contributed by atoms with van der Waals surface area (Å²) in [5, 5.41) is 16.8. The molecule has 2 nitrogen and oxygen atoms in total. The standard InChI is InChI=1S/C8H16O.C3H8O/c1-3-5-6-7-8(9)4-2;1-2-3-4/h4,8-9H,2-3,5-7H2,1H3;4H,2-3H2,1H3. The lowest BCUT2D eigenvalue weighted by molar-refractivity contribution is 0.208. The van der Waals surface area contributed by atoms with Gasteiger partial charge in [-0.25, -0.2) is 0 Å². The molecule has 80 valence electrons. The number of hydrogen-bond donors (Lipinski definition) is 2. The Morgan fingerprint density at radius 1 is 1.23 bits per heavy atom. The predicted molar refractivity (Wildman–Crippen MR) is 57.7 cm³/mol. The van der Waals surface area contributed by atoms with Crippen molar-refractivity contribution < 1.29 is 10.2 Å². The fourth-order valence-electron chi connectivity index (χ4n) is 0.721. The molecule has 0 amide bonds. The van der Waals surface area contributed by atoms with E-state index in [1.807, 2.05) is 6.92 Å². The maximum absolute atomic E-state index is 8.97. The maximum atomic E-state index is 8.97. The minimum Gasteiger partial charge on any atom is -0.396 e. The van der Waals surface area contributed by atoms with Crippen LogP contribution in [0.25, 0.3) is 0 Å². The Morgan fingerprint density at radius 3 is 2.08 bits per heavy atom. The predicted octanol–water partition coefficient (Wildman–Crippen LogP) is 2.50. The van der Waals surface area contributed by atoms with Crippen molar-refractivity contribution in [2.75, 3.05) is 6.61 Å². The summed E-state index contributed by atoms with van der Waals surface area (Å²) in [5.41, 5.74) is 0. The second-order valence-corrected chi connectivity index (χ2v) is 3.02. The third kappa shape index (κ3) is 18.5. The van der Waals surface area contributed by atoms with Gasteiger partial charge in [0.15, 0.2) is 0 Å². The second kappa shape index (κ2) is 14.2. The van der Waals surface area contributed by atoms with Crippen LogP contribution in [0.5, 0.6) is 0 Å². The molecule has 0 aliphatic rings. The molecule has 0 fully saturated rings. The molecule has 0 heterocycles. The van der Waals surface area contributed by atoms with Crippen LogP contribution in [0.2, 0.25) is 0 Å².